The average molecular weight is 586 g/mol. The molecule has 2 aliphatic rings. The van der Waals surface area contributed by atoms with E-state index < -0.39 is 12.1 Å². The van der Waals surface area contributed by atoms with Gasteiger partial charge in [0.15, 0.2) is 0 Å². The Balaban J connectivity index is 0.000000517. The monoisotopic (exact) mass is 585 g/mol. The van der Waals surface area contributed by atoms with Crippen molar-refractivity contribution in [2.24, 2.45) is 0 Å². The van der Waals surface area contributed by atoms with Crippen molar-refractivity contribution in [1.82, 2.24) is 9.80 Å². The van der Waals surface area contributed by atoms with Gasteiger partial charge in [-0.1, -0.05) is 49.2 Å². The van der Waals surface area contributed by atoms with E-state index in [-0.39, 0.29) is 5.91 Å². The standard InChI is InChI=1S/C30H37N3O2.C2HF3O2/c34-30(29-12-7-10-25-9-3-4-11-28(25)29)33-22-20-32(21-23-33)26-13-15-27(16-14-26)35-24-8-19-31-17-5-1-2-6-18-31;3-2(4,5)1(6)7/h3-4,7,9-16H,1-2,5-6,8,17-24H2;(H,6,7). The lowest BCUT2D eigenvalue weighted by atomic mass is 10.0. The molecule has 10 heteroatoms. The smallest absolute Gasteiger partial charge is 0.490 e. The quantitative estimate of drug-likeness (QED) is 0.339. The Hall–Kier alpha value is -3.79. The predicted octanol–water partition coefficient (Wildman–Crippen LogP) is 6.08. The van der Waals surface area contributed by atoms with Gasteiger partial charge in [-0.3, -0.25) is 4.79 Å². The number of alkyl halides is 3. The van der Waals surface area contributed by atoms with Crippen LogP contribution in [-0.2, 0) is 4.79 Å². The minimum absolute atomic E-state index is 0.130. The number of halogens is 3. The number of likely N-dealkylation sites (tertiary alicyclic amines) is 1. The lowest BCUT2D eigenvalue weighted by Crippen LogP contribution is -2.48. The molecule has 2 fully saturated rings. The predicted molar refractivity (Wildman–Crippen MR) is 157 cm³/mol. The number of ether oxygens (including phenoxy) is 1. The highest BCUT2D eigenvalue weighted by Crippen LogP contribution is 2.24. The van der Waals surface area contributed by atoms with Crippen molar-refractivity contribution in [3.05, 3.63) is 72.3 Å². The van der Waals surface area contributed by atoms with Gasteiger partial charge in [0.05, 0.1) is 6.61 Å². The maximum Gasteiger partial charge on any atom is 0.490 e. The van der Waals surface area contributed by atoms with Crippen LogP contribution < -0.4 is 9.64 Å². The molecule has 0 spiro atoms. The highest BCUT2D eigenvalue weighted by Gasteiger charge is 2.38. The van der Waals surface area contributed by atoms with Crippen LogP contribution in [0.25, 0.3) is 10.8 Å². The summed E-state index contributed by atoms with van der Waals surface area (Å²) in [5.41, 5.74) is 1.99. The highest BCUT2D eigenvalue weighted by atomic mass is 19.4. The van der Waals surface area contributed by atoms with Crippen LogP contribution in [0, 0.1) is 0 Å². The van der Waals surface area contributed by atoms with Gasteiger partial charge in [-0.2, -0.15) is 13.2 Å². The first-order valence-electron chi connectivity index (χ1n) is 14.5. The van der Waals surface area contributed by atoms with E-state index >= 15 is 0 Å². The first-order chi connectivity index (χ1) is 20.2. The number of nitrogens with zero attached hydrogens (tertiary/aromatic N) is 3. The van der Waals surface area contributed by atoms with Gasteiger partial charge in [0, 0.05) is 44.0 Å². The number of carboxylic acid groups (broad SMARTS) is 1. The summed E-state index contributed by atoms with van der Waals surface area (Å²) in [6.45, 7) is 7.54. The second kappa shape index (κ2) is 14.9. The Morgan fingerprint density at radius 1 is 0.786 bits per heavy atom. The largest absolute Gasteiger partial charge is 0.494 e. The Morgan fingerprint density at radius 2 is 1.40 bits per heavy atom. The summed E-state index contributed by atoms with van der Waals surface area (Å²) in [5, 5.41) is 9.27. The summed E-state index contributed by atoms with van der Waals surface area (Å²) in [7, 11) is 0. The van der Waals surface area contributed by atoms with E-state index in [2.05, 4.69) is 46.2 Å². The zero-order valence-corrected chi connectivity index (χ0v) is 23.7. The summed E-state index contributed by atoms with van der Waals surface area (Å²) in [5.74, 6) is -1.69. The molecule has 0 unspecified atom stereocenters. The van der Waals surface area contributed by atoms with E-state index in [0.717, 1.165) is 67.8 Å². The van der Waals surface area contributed by atoms with E-state index in [9.17, 15) is 18.0 Å². The van der Waals surface area contributed by atoms with Crippen molar-refractivity contribution in [2.45, 2.75) is 38.3 Å². The van der Waals surface area contributed by atoms with E-state index in [0.29, 0.717) is 0 Å². The molecule has 2 aliphatic heterocycles. The van der Waals surface area contributed by atoms with Crippen LogP contribution in [0.4, 0.5) is 18.9 Å². The number of fused-ring (bicyclic) bond motifs is 1. The Labute approximate surface area is 244 Å². The number of aliphatic carboxylic acids is 1. The normalized spacial score (nSPS) is 16.4. The zero-order valence-electron chi connectivity index (χ0n) is 23.7. The Kier molecular flexibility index (Phi) is 11.1. The minimum atomic E-state index is -5.08. The molecule has 2 saturated heterocycles. The summed E-state index contributed by atoms with van der Waals surface area (Å²) in [4.78, 5) is 29.1. The maximum atomic E-state index is 13.2. The lowest BCUT2D eigenvalue weighted by Gasteiger charge is -2.36. The zero-order chi connectivity index (χ0) is 30.0. The molecule has 226 valence electrons. The van der Waals surface area contributed by atoms with E-state index in [4.69, 9.17) is 14.6 Å². The van der Waals surface area contributed by atoms with Crippen LogP contribution in [0.2, 0.25) is 0 Å². The number of carbonyl (C=O) groups is 2. The van der Waals surface area contributed by atoms with Crippen molar-refractivity contribution < 1.29 is 32.6 Å². The molecule has 1 amide bonds. The van der Waals surface area contributed by atoms with Gasteiger partial charge in [0.2, 0.25) is 0 Å². The molecule has 0 aromatic heterocycles. The second-order valence-corrected chi connectivity index (χ2v) is 10.6. The van der Waals surface area contributed by atoms with Crippen LogP contribution >= 0.6 is 0 Å². The fourth-order valence-electron chi connectivity index (χ4n) is 5.34. The fourth-order valence-corrected chi connectivity index (χ4v) is 5.34. The molecule has 5 rings (SSSR count). The molecular formula is C32H38F3N3O4. The van der Waals surface area contributed by atoms with Crippen LogP contribution in [0.1, 0.15) is 42.5 Å². The topological polar surface area (TPSA) is 73.3 Å². The molecule has 3 aromatic rings. The van der Waals surface area contributed by atoms with Gasteiger partial charge in [-0.05, 0) is 73.5 Å². The van der Waals surface area contributed by atoms with Crippen LogP contribution in [-0.4, -0.2) is 85.4 Å². The van der Waals surface area contributed by atoms with Crippen molar-refractivity contribution in [3.63, 3.8) is 0 Å². The van der Waals surface area contributed by atoms with Gasteiger partial charge >= 0.3 is 12.1 Å². The summed E-state index contributed by atoms with van der Waals surface area (Å²) >= 11 is 0. The van der Waals surface area contributed by atoms with Crippen molar-refractivity contribution in [3.8, 4) is 5.75 Å². The number of carbonyl (C=O) groups excluding carboxylic acids is 1. The third-order valence-electron chi connectivity index (χ3n) is 7.62. The molecule has 3 aromatic carbocycles. The van der Waals surface area contributed by atoms with Gasteiger partial charge < -0.3 is 24.5 Å². The molecule has 2 heterocycles. The number of hydrogen-bond donors (Lipinski definition) is 1. The number of amides is 1. The summed E-state index contributed by atoms with van der Waals surface area (Å²) < 4.78 is 37.7. The van der Waals surface area contributed by atoms with Crippen molar-refractivity contribution in [1.29, 1.82) is 0 Å². The number of rotatable bonds is 7. The SMILES string of the molecule is O=C(O)C(F)(F)F.O=C(c1cccc2ccccc12)N1CCN(c2ccc(OCCCN3CCCCCC3)cc2)CC1. The van der Waals surface area contributed by atoms with Crippen molar-refractivity contribution >= 4 is 28.3 Å². The van der Waals surface area contributed by atoms with Gasteiger partial charge in [0.1, 0.15) is 5.75 Å². The second-order valence-electron chi connectivity index (χ2n) is 10.6. The summed E-state index contributed by atoms with van der Waals surface area (Å²) in [6.07, 6.45) is 1.44. The summed E-state index contributed by atoms with van der Waals surface area (Å²) in [6, 6.07) is 22.6. The van der Waals surface area contributed by atoms with Crippen molar-refractivity contribution in [2.75, 3.05) is 57.3 Å². The van der Waals surface area contributed by atoms with Crippen LogP contribution in [0.3, 0.4) is 0 Å². The molecule has 0 aliphatic carbocycles. The van der Waals surface area contributed by atoms with Crippen LogP contribution in [0.5, 0.6) is 5.75 Å². The van der Waals surface area contributed by atoms with Gasteiger partial charge in [-0.15, -0.1) is 0 Å². The number of benzene rings is 3. The number of piperazine rings is 1. The molecule has 0 bridgehead atoms. The van der Waals surface area contributed by atoms with Gasteiger partial charge in [-0.25, -0.2) is 4.79 Å². The molecule has 42 heavy (non-hydrogen) atoms. The number of hydrogen-bond acceptors (Lipinski definition) is 5. The van der Waals surface area contributed by atoms with E-state index in [1.165, 1.54) is 44.5 Å². The third-order valence-corrected chi connectivity index (χ3v) is 7.62. The minimum Gasteiger partial charge on any atom is -0.494 e. The number of anilines is 1. The first kappa shape index (κ1) is 31.2. The van der Waals surface area contributed by atoms with Gasteiger partial charge in [0.25, 0.3) is 5.91 Å². The molecule has 0 radical (unpaired) electrons. The molecule has 0 saturated carbocycles. The molecule has 0 atom stereocenters. The van der Waals surface area contributed by atoms with Crippen LogP contribution in [0.15, 0.2) is 66.7 Å². The third kappa shape index (κ3) is 8.85. The van der Waals surface area contributed by atoms with E-state index in [1.807, 2.05) is 35.2 Å². The molecule has 1 N–H and O–H groups in total. The first-order valence-corrected chi connectivity index (χ1v) is 14.5. The molecule has 7 nitrogen and oxygen atoms in total. The van der Waals surface area contributed by atoms with E-state index in [1.54, 1.807) is 0 Å². The number of carboxylic acids is 1. The lowest BCUT2D eigenvalue weighted by molar-refractivity contribution is -0.192. The Bertz CT molecular complexity index is 1300. The molecular weight excluding hydrogens is 547 g/mol. The highest BCUT2D eigenvalue weighted by molar-refractivity contribution is 6.07. The maximum absolute atomic E-state index is 13.2. The Morgan fingerprint density at radius 3 is 2.05 bits per heavy atom. The fraction of sp³-hybridized carbons (Fsp3) is 0.438. The average Bonchev–Trinajstić information content (AvgIpc) is 3.28.